The molecule has 0 unspecified atom stereocenters. The van der Waals surface area contributed by atoms with E-state index in [4.69, 9.17) is 4.52 Å². The molecular formula is C31H34N4O4. The van der Waals surface area contributed by atoms with Gasteiger partial charge in [-0.2, -0.15) is 0 Å². The molecule has 39 heavy (non-hydrogen) atoms. The summed E-state index contributed by atoms with van der Waals surface area (Å²) < 4.78 is 5.73. The third-order valence-corrected chi connectivity index (χ3v) is 7.21. The monoisotopic (exact) mass is 526 g/mol. The quantitative estimate of drug-likeness (QED) is 0.315. The highest BCUT2D eigenvalue weighted by atomic mass is 16.5. The predicted molar refractivity (Wildman–Crippen MR) is 152 cm³/mol. The molecule has 3 aromatic carbocycles. The Balaban J connectivity index is 1.55. The Morgan fingerprint density at radius 2 is 1.56 bits per heavy atom. The lowest BCUT2D eigenvalue weighted by Crippen LogP contribution is -2.43. The first-order chi connectivity index (χ1) is 18.8. The topological polar surface area (TPSA) is 102 Å². The first kappa shape index (κ1) is 26.5. The maximum Gasteiger partial charge on any atom is 0.274 e. The Hall–Kier alpha value is -4.14. The van der Waals surface area contributed by atoms with Crippen LogP contribution >= 0.6 is 0 Å². The number of benzene rings is 3. The highest BCUT2D eigenvalue weighted by Gasteiger charge is 2.27. The molecule has 1 aromatic heterocycles. The molecule has 0 saturated carbocycles. The SMILES string of the molecule is CCNC(=O)c1noc(-c2cc(-c3ccc(C)cc3)c(O)cc2O)c1-c1ccc(CN2CCN(C)CC2)cc1. The number of nitrogens with one attached hydrogen (secondary N) is 1. The number of aromatic nitrogens is 1. The average molecular weight is 527 g/mol. The van der Waals surface area contributed by atoms with Crippen molar-refractivity contribution in [1.29, 1.82) is 0 Å². The summed E-state index contributed by atoms with van der Waals surface area (Å²) in [5, 5.41) is 28.4. The van der Waals surface area contributed by atoms with Crippen LogP contribution in [0.2, 0.25) is 0 Å². The number of hydrogen-bond donors (Lipinski definition) is 3. The Bertz CT molecular complexity index is 1450. The minimum absolute atomic E-state index is 0.0571. The van der Waals surface area contributed by atoms with Gasteiger partial charge in [0.25, 0.3) is 5.91 Å². The van der Waals surface area contributed by atoms with Crippen LogP contribution < -0.4 is 5.32 Å². The zero-order chi connectivity index (χ0) is 27.5. The van der Waals surface area contributed by atoms with Gasteiger partial charge in [-0.05, 0) is 43.7 Å². The van der Waals surface area contributed by atoms with E-state index in [-0.39, 0.29) is 28.9 Å². The third-order valence-electron chi connectivity index (χ3n) is 7.21. The molecule has 1 fully saturated rings. The zero-order valence-electron chi connectivity index (χ0n) is 22.6. The van der Waals surface area contributed by atoms with E-state index in [1.807, 2.05) is 50.2 Å². The number of carbonyl (C=O) groups excluding carboxylic acids is 1. The molecule has 0 bridgehead atoms. The number of phenols is 2. The molecule has 8 heteroatoms. The summed E-state index contributed by atoms with van der Waals surface area (Å²) in [5.41, 5.74) is 5.31. The van der Waals surface area contributed by atoms with Gasteiger partial charge in [-0.3, -0.25) is 9.69 Å². The molecular weight excluding hydrogens is 492 g/mol. The second-order valence-corrected chi connectivity index (χ2v) is 10.1. The van der Waals surface area contributed by atoms with E-state index in [2.05, 4.69) is 39.5 Å². The lowest BCUT2D eigenvalue weighted by atomic mass is 9.94. The standard InChI is InChI=1S/C31H34N4O4/c1-4-32-31(38)29-28(23-11-7-21(8-12-23)19-35-15-13-34(3)14-16-35)30(39-33-29)25-17-24(26(36)18-27(25)37)22-9-5-20(2)6-10-22/h5-12,17-18,36-37H,4,13-16,19H2,1-3H3,(H,32,38). The van der Waals surface area contributed by atoms with E-state index >= 15 is 0 Å². The van der Waals surface area contributed by atoms with Gasteiger partial charge in [-0.1, -0.05) is 59.3 Å². The normalized spacial score (nSPS) is 14.4. The molecule has 5 rings (SSSR count). The van der Waals surface area contributed by atoms with Crippen LogP contribution in [0.5, 0.6) is 11.5 Å². The fraction of sp³-hybridized carbons (Fsp3) is 0.290. The van der Waals surface area contributed by atoms with Gasteiger partial charge in [0.1, 0.15) is 11.5 Å². The van der Waals surface area contributed by atoms with Gasteiger partial charge < -0.3 is 25.0 Å². The van der Waals surface area contributed by atoms with Crippen LogP contribution in [0.3, 0.4) is 0 Å². The summed E-state index contributed by atoms with van der Waals surface area (Å²) in [6, 6.07) is 18.7. The highest BCUT2D eigenvalue weighted by molar-refractivity contribution is 6.03. The molecule has 2 heterocycles. The number of phenolic OH excluding ortho intramolecular Hbond substituents is 2. The fourth-order valence-corrected chi connectivity index (χ4v) is 4.91. The third kappa shape index (κ3) is 5.67. The number of amides is 1. The smallest absolute Gasteiger partial charge is 0.274 e. The summed E-state index contributed by atoms with van der Waals surface area (Å²) >= 11 is 0. The van der Waals surface area contributed by atoms with Crippen molar-refractivity contribution in [2.45, 2.75) is 20.4 Å². The van der Waals surface area contributed by atoms with Crippen molar-refractivity contribution >= 4 is 5.91 Å². The molecule has 0 spiro atoms. The second-order valence-electron chi connectivity index (χ2n) is 10.1. The molecule has 1 saturated heterocycles. The van der Waals surface area contributed by atoms with Crippen molar-refractivity contribution in [3.05, 3.63) is 77.5 Å². The molecule has 8 nitrogen and oxygen atoms in total. The molecule has 1 aliphatic rings. The lowest BCUT2D eigenvalue weighted by Gasteiger charge is -2.32. The number of aryl methyl sites for hydroxylation is 1. The Morgan fingerprint density at radius 1 is 0.923 bits per heavy atom. The summed E-state index contributed by atoms with van der Waals surface area (Å²) in [6.07, 6.45) is 0. The maximum atomic E-state index is 13.0. The van der Waals surface area contributed by atoms with E-state index in [9.17, 15) is 15.0 Å². The molecule has 0 radical (unpaired) electrons. The minimum Gasteiger partial charge on any atom is -0.507 e. The van der Waals surface area contributed by atoms with Gasteiger partial charge in [0.05, 0.1) is 11.1 Å². The van der Waals surface area contributed by atoms with Crippen LogP contribution in [0.25, 0.3) is 33.6 Å². The van der Waals surface area contributed by atoms with E-state index in [1.54, 1.807) is 6.07 Å². The van der Waals surface area contributed by atoms with Crippen LogP contribution in [0.4, 0.5) is 0 Å². The van der Waals surface area contributed by atoms with Gasteiger partial charge in [0.15, 0.2) is 11.5 Å². The number of piperazine rings is 1. The molecule has 4 aromatic rings. The van der Waals surface area contributed by atoms with Crippen molar-refractivity contribution < 1.29 is 19.5 Å². The number of likely N-dealkylation sites (N-methyl/N-ethyl adjacent to an activating group) is 1. The first-order valence-corrected chi connectivity index (χ1v) is 13.3. The van der Waals surface area contributed by atoms with Gasteiger partial charge in [-0.25, -0.2) is 0 Å². The number of hydrogen-bond acceptors (Lipinski definition) is 7. The first-order valence-electron chi connectivity index (χ1n) is 13.3. The molecule has 202 valence electrons. The summed E-state index contributed by atoms with van der Waals surface area (Å²) in [7, 11) is 2.14. The van der Waals surface area contributed by atoms with Gasteiger partial charge in [0.2, 0.25) is 0 Å². The zero-order valence-corrected chi connectivity index (χ0v) is 22.6. The molecule has 0 aliphatic carbocycles. The predicted octanol–water partition coefficient (Wildman–Crippen LogP) is 4.89. The Morgan fingerprint density at radius 3 is 2.23 bits per heavy atom. The van der Waals surface area contributed by atoms with Crippen LogP contribution in [0, 0.1) is 6.92 Å². The van der Waals surface area contributed by atoms with Crippen molar-refractivity contribution in [2.24, 2.45) is 0 Å². The van der Waals surface area contributed by atoms with Crippen LogP contribution in [-0.2, 0) is 6.54 Å². The van der Waals surface area contributed by atoms with E-state index in [1.165, 1.54) is 11.6 Å². The van der Waals surface area contributed by atoms with Crippen LogP contribution in [-0.4, -0.2) is 70.8 Å². The largest absolute Gasteiger partial charge is 0.507 e. The van der Waals surface area contributed by atoms with Crippen molar-refractivity contribution in [3.63, 3.8) is 0 Å². The van der Waals surface area contributed by atoms with Crippen molar-refractivity contribution in [3.8, 4) is 45.1 Å². The van der Waals surface area contributed by atoms with Crippen LogP contribution in [0.15, 0.2) is 65.2 Å². The number of nitrogens with zero attached hydrogens (tertiary/aromatic N) is 3. The number of rotatable bonds is 7. The highest BCUT2D eigenvalue weighted by Crippen LogP contribution is 2.44. The Labute approximate surface area is 228 Å². The maximum absolute atomic E-state index is 13.0. The van der Waals surface area contributed by atoms with E-state index < -0.39 is 0 Å². The summed E-state index contributed by atoms with van der Waals surface area (Å²) in [6.45, 7) is 9.28. The van der Waals surface area contributed by atoms with Crippen molar-refractivity contribution in [1.82, 2.24) is 20.3 Å². The Kier molecular flexibility index (Phi) is 7.67. The fourth-order valence-electron chi connectivity index (χ4n) is 4.91. The second kappa shape index (κ2) is 11.3. The van der Waals surface area contributed by atoms with Gasteiger partial charge in [-0.15, -0.1) is 0 Å². The average Bonchev–Trinajstić information content (AvgIpc) is 3.36. The van der Waals surface area contributed by atoms with Crippen LogP contribution in [0.1, 0.15) is 28.5 Å². The summed E-state index contributed by atoms with van der Waals surface area (Å²) in [4.78, 5) is 17.7. The van der Waals surface area contributed by atoms with E-state index in [0.717, 1.165) is 49.4 Å². The van der Waals surface area contributed by atoms with Crippen molar-refractivity contribution in [2.75, 3.05) is 39.8 Å². The summed E-state index contributed by atoms with van der Waals surface area (Å²) in [5.74, 6) is -0.330. The van der Waals surface area contributed by atoms with E-state index in [0.29, 0.717) is 23.2 Å². The van der Waals surface area contributed by atoms with Gasteiger partial charge in [0, 0.05) is 50.9 Å². The molecule has 3 N–H and O–H groups in total. The number of carbonyl (C=O) groups is 1. The molecule has 0 atom stereocenters. The number of aromatic hydroxyl groups is 2. The minimum atomic E-state index is -0.360. The molecule has 1 amide bonds. The molecule has 1 aliphatic heterocycles. The lowest BCUT2D eigenvalue weighted by molar-refractivity contribution is 0.0947. The van der Waals surface area contributed by atoms with Gasteiger partial charge >= 0.3 is 0 Å².